The second-order valence-electron chi connectivity index (χ2n) is 6.14. The molecule has 1 saturated heterocycles. The first-order valence-electron chi connectivity index (χ1n) is 7.62. The van der Waals surface area contributed by atoms with E-state index < -0.39 is 0 Å². The van der Waals surface area contributed by atoms with Crippen LogP contribution in [0.5, 0.6) is 0 Å². The van der Waals surface area contributed by atoms with Gasteiger partial charge in [0, 0.05) is 18.0 Å². The van der Waals surface area contributed by atoms with Crippen molar-refractivity contribution >= 4 is 17.5 Å². The smallest absolute Gasteiger partial charge is 0.227 e. The molecule has 2 aliphatic rings. The van der Waals surface area contributed by atoms with Crippen molar-refractivity contribution in [1.82, 2.24) is 4.90 Å². The number of rotatable bonds is 4. The summed E-state index contributed by atoms with van der Waals surface area (Å²) in [5, 5.41) is 9.61. The summed E-state index contributed by atoms with van der Waals surface area (Å²) >= 11 is 5.96. The average molecular weight is 303 g/mol. The Labute approximate surface area is 130 Å². The van der Waals surface area contributed by atoms with E-state index in [2.05, 4.69) is 6.07 Å². The van der Waals surface area contributed by atoms with Crippen molar-refractivity contribution in [2.75, 3.05) is 6.54 Å². The third-order valence-electron chi connectivity index (χ3n) is 4.54. The average Bonchev–Trinajstić information content (AvgIpc) is 3.29. The lowest BCUT2D eigenvalue weighted by molar-refractivity contribution is -0.142. The Morgan fingerprint density at radius 3 is 2.52 bits per heavy atom. The number of nitrogens with zero attached hydrogens (tertiary/aromatic N) is 2. The number of hydrogen-bond acceptors (Lipinski definition) is 2. The van der Waals surface area contributed by atoms with Gasteiger partial charge in [0.05, 0.1) is 18.0 Å². The van der Waals surface area contributed by atoms with Crippen LogP contribution in [0.25, 0.3) is 0 Å². The van der Waals surface area contributed by atoms with E-state index in [1.54, 1.807) is 0 Å². The van der Waals surface area contributed by atoms with Gasteiger partial charge >= 0.3 is 0 Å². The lowest BCUT2D eigenvalue weighted by Crippen LogP contribution is -2.44. The number of piperidine rings is 1. The summed E-state index contributed by atoms with van der Waals surface area (Å²) in [5.74, 6) is 0.705. The van der Waals surface area contributed by atoms with Gasteiger partial charge in [-0.25, -0.2) is 0 Å². The third-order valence-corrected chi connectivity index (χ3v) is 4.79. The van der Waals surface area contributed by atoms with E-state index in [1.165, 1.54) is 12.8 Å². The SMILES string of the molecule is N#CCC1CC[C@@H](c2ccc(Cl)cc2)N(CC2CC2)C1=O. The second-order valence-corrected chi connectivity index (χ2v) is 6.57. The Balaban J connectivity index is 1.82. The lowest BCUT2D eigenvalue weighted by atomic mass is 9.86. The topological polar surface area (TPSA) is 44.1 Å². The van der Waals surface area contributed by atoms with E-state index >= 15 is 0 Å². The maximum absolute atomic E-state index is 12.7. The van der Waals surface area contributed by atoms with Crippen molar-refractivity contribution in [3.8, 4) is 6.07 Å². The zero-order chi connectivity index (χ0) is 14.8. The predicted molar refractivity (Wildman–Crippen MR) is 81.6 cm³/mol. The molecule has 2 atom stereocenters. The van der Waals surface area contributed by atoms with Gasteiger partial charge in [0.25, 0.3) is 0 Å². The van der Waals surface area contributed by atoms with Crippen molar-refractivity contribution < 1.29 is 4.79 Å². The fraction of sp³-hybridized carbons (Fsp3) is 0.529. The first-order valence-corrected chi connectivity index (χ1v) is 7.99. The molecule has 110 valence electrons. The Morgan fingerprint density at radius 2 is 1.90 bits per heavy atom. The van der Waals surface area contributed by atoms with Crippen LogP contribution >= 0.6 is 11.6 Å². The Kier molecular flexibility index (Phi) is 4.17. The molecule has 1 aromatic carbocycles. The highest BCUT2D eigenvalue weighted by molar-refractivity contribution is 6.30. The summed E-state index contributed by atoms with van der Waals surface area (Å²) in [6.45, 7) is 0.841. The molecule has 0 radical (unpaired) electrons. The third kappa shape index (κ3) is 3.22. The maximum atomic E-state index is 12.7. The van der Waals surface area contributed by atoms with Crippen molar-refractivity contribution in [3.63, 3.8) is 0 Å². The molecular weight excluding hydrogens is 284 g/mol. The van der Waals surface area contributed by atoms with E-state index in [0.717, 1.165) is 30.0 Å². The van der Waals surface area contributed by atoms with Crippen LogP contribution in [0.4, 0.5) is 0 Å². The highest BCUT2D eigenvalue weighted by Crippen LogP contribution is 2.39. The fourth-order valence-corrected chi connectivity index (χ4v) is 3.28. The predicted octanol–water partition coefficient (Wildman–Crippen LogP) is 3.94. The number of benzene rings is 1. The van der Waals surface area contributed by atoms with Gasteiger partial charge in [-0.05, 0) is 49.3 Å². The van der Waals surface area contributed by atoms with Crippen LogP contribution in [0.15, 0.2) is 24.3 Å². The van der Waals surface area contributed by atoms with Crippen molar-refractivity contribution in [3.05, 3.63) is 34.9 Å². The van der Waals surface area contributed by atoms with Crippen LogP contribution in [0.1, 0.15) is 43.7 Å². The second kappa shape index (κ2) is 6.07. The van der Waals surface area contributed by atoms with Gasteiger partial charge in [-0.2, -0.15) is 5.26 Å². The first kappa shape index (κ1) is 14.4. The van der Waals surface area contributed by atoms with E-state index in [0.29, 0.717) is 12.3 Å². The van der Waals surface area contributed by atoms with Crippen LogP contribution < -0.4 is 0 Å². The molecule has 0 bridgehead atoms. The normalized spacial score (nSPS) is 25.7. The minimum Gasteiger partial charge on any atom is -0.335 e. The van der Waals surface area contributed by atoms with Gasteiger partial charge in [-0.3, -0.25) is 4.79 Å². The van der Waals surface area contributed by atoms with Gasteiger partial charge in [0.2, 0.25) is 5.91 Å². The lowest BCUT2D eigenvalue weighted by Gasteiger charge is -2.39. The molecule has 3 rings (SSSR count). The van der Waals surface area contributed by atoms with Crippen molar-refractivity contribution in [2.24, 2.45) is 11.8 Å². The van der Waals surface area contributed by atoms with Gasteiger partial charge in [0.1, 0.15) is 0 Å². The number of hydrogen-bond donors (Lipinski definition) is 0. The minimum absolute atomic E-state index is 0.114. The van der Waals surface area contributed by atoms with Crippen molar-refractivity contribution in [2.45, 2.75) is 38.1 Å². The monoisotopic (exact) mass is 302 g/mol. The molecule has 1 saturated carbocycles. The molecule has 1 aliphatic carbocycles. The van der Waals surface area contributed by atoms with Gasteiger partial charge in [0.15, 0.2) is 0 Å². The summed E-state index contributed by atoms with van der Waals surface area (Å²) in [5.41, 5.74) is 1.16. The number of likely N-dealkylation sites (tertiary alicyclic amines) is 1. The van der Waals surface area contributed by atoms with E-state index in [1.807, 2.05) is 29.2 Å². The van der Waals surface area contributed by atoms with Crippen LogP contribution in [0.2, 0.25) is 5.02 Å². The Hall–Kier alpha value is -1.53. The van der Waals surface area contributed by atoms with Crippen LogP contribution in [-0.2, 0) is 4.79 Å². The molecule has 4 heteroatoms. The summed E-state index contributed by atoms with van der Waals surface area (Å²) in [6.07, 6.45) is 4.53. The Bertz CT molecular complexity index is 559. The fourth-order valence-electron chi connectivity index (χ4n) is 3.15. The molecular formula is C17H19ClN2O. The van der Waals surface area contributed by atoms with E-state index in [-0.39, 0.29) is 17.9 Å². The molecule has 21 heavy (non-hydrogen) atoms. The summed E-state index contributed by atoms with van der Waals surface area (Å²) in [6, 6.07) is 10.1. The molecule has 0 aromatic heterocycles. The number of nitriles is 1. The summed E-state index contributed by atoms with van der Waals surface area (Å²) in [4.78, 5) is 14.7. The van der Waals surface area contributed by atoms with Crippen molar-refractivity contribution in [1.29, 1.82) is 5.26 Å². The Morgan fingerprint density at radius 1 is 1.19 bits per heavy atom. The minimum atomic E-state index is -0.114. The summed E-state index contributed by atoms with van der Waals surface area (Å²) in [7, 11) is 0. The van der Waals surface area contributed by atoms with E-state index in [9.17, 15) is 4.79 Å². The zero-order valence-corrected chi connectivity index (χ0v) is 12.7. The molecule has 1 amide bonds. The van der Waals surface area contributed by atoms with Gasteiger partial charge in [-0.1, -0.05) is 23.7 Å². The standard InChI is InChI=1S/C17H19ClN2O/c18-15-6-3-13(4-7-15)16-8-5-14(9-10-19)17(21)20(16)11-12-1-2-12/h3-4,6-7,12,14,16H,1-2,5,8-9,11H2/t14?,16-/m0/s1. The first-order chi connectivity index (χ1) is 10.2. The number of amides is 1. The molecule has 1 heterocycles. The molecule has 1 aromatic rings. The molecule has 1 aliphatic heterocycles. The largest absolute Gasteiger partial charge is 0.335 e. The molecule has 3 nitrogen and oxygen atoms in total. The molecule has 0 N–H and O–H groups in total. The zero-order valence-electron chi connectivity index (χ0n) is 12.0. The van der Waals surface area contributed by atoms with Gasteiger partial charge in [-0.15, -0.1) is 0 Å². The van der Waals surface area contributed by atoms with Crippen LogP contribution in [0, 0.1) is 23.2 Å². The van der Waals surface area contributed by atoms with Crippen LogP contribution in [-0.4, -0.2) is 17.4 Å². The molecule has 2 fully saturated rings. The molecule has 1 unspecified atom stereocenters. The van der Waals surface area contributed by atoms with E-state index in [4.69, 9.17) is 16.9 Å². The highest BCUT2D eigenvalue weighted by atomic mass is 35.5. The molecule has 0 spiro atoms. The summed E-state index contributed by atoms with van der Waals surface area (Å²) < 4.78 is 0. The van der Waals surface area contributed by atoms with Gasteiger partial charge < -0.3 is 4.90 Å². The van der Waals surface area contributed by atoms with Crippen LogP contribution in [0.3, 0.4) is 0 Å². The highest BCUT2D eigenvalue weighted by Gasteiger charge is 2.38. The number of carbonyl (C=O) groups excluding carboxylic acids is 1. The quantitative estimate of drug-likeness (QED) is 0.845. The number of carbonyl (C=O) groups is 1. The maximum Gasteiger partial charge on any atom is 0.227 e. The number of halogens is 1.